The van der Waals surface area contributed by atoms with Gasteiger partial charge in [0, 0.05) is 37.5 Å². The zero-order valence-corrected chi connectivity index (χ0v) is 24.3. The number of ether oxygens (including phenoxy) is 2. The number of esters is 1. The number of carbonyl (C=O) groups is 2. The van der Waals surface area contributed by atoms with Crippen molar-refractivity contribution in [3.8, 4) is 11.6 Å². The van der Waals surface area contributed by atoms with E-state index in [0.717, 1.165) is 0 Å². The van der Waals surface area contributed by atoms with Gasteiger partial charge in [0.1, 0.15) is 11.9 Å². The maximum Gasteiger partial charge on any atom is 0.429 e. The number of aryl methyl sites for hydroxylation is 1. The molecule has 236 valence electrons. The summed E-state index contributed by atoms with van der Waals surface area (Å²) < 4.78 is 55.9. The molecule has 1 aromatic carbocycles. The maximum absolute atomic E-state index is 14.7. The molecule has 4 heterocycles. The normalized spacial score (nSPS) is 18.8. The highest BCUT2D eigenvalue weighted by Crippen LogP contribution is 2.42. The molecule has 2 aliphatic rings. The maximum atomic E-state index is 14.7. The van der Waals surface area contributed by atoms with Crippen LogP contribution >= 0.6 is 0 Å². The lowest BCUT2D eigenvalue weighted by Crippen LogP contribution is -2.41. The van der Waals surface area contributed by atoms with E-state index in [4.69, 9.17) is 15.2 Å². The van der Waals surface area contributed by atoms with Crippen LogP contribution in [0.15, 0.2) is 36.5 Å². The molecule has 2 saturated heterocycles. The first kappa shape index (κ1) is 31.0. The summed E-state index contributed by atoms with van der Waals surface area (Å²) in [5, 5.41) is 16.7. The van der Waals surface area contributed by atoms with E-state index in [2.05, 4.69) is 20.4 Å². The smallest absolute Gasteiger partial charge is 0.429 e. The first-order valence-corrected chi connectivity index (χ1v) is 14.3. The second kappa shape index (κ2) is 12.3. The lowest BCUT2D eigenvalue weighted by Gasteiger charge is -2.39. The molecule has 0 aliphatic carbocycles. The number of carboxylic acids is 1. The number of rotatable bonds is 9. The number of hydrogen-bond donors (Lipinski definition) is 3. The number of piperidine rings is 1. The Morgan fingerprint density at radius 2 is 1.95 bits per heavy atom. The van der Waals surface area contributed by atoms with Gasteiger partial charge < -0.3 is 30.5 Å². The molecule has 0 bridgehead atoms. The van der Waals surface area contributed by atoms with E-state index in [1.807, 2.05) is 11.8 Å². The average Bonchev–Trinajstić information content (AvgIpc) is 3.60. The molecular weight excluding hydrogens is 583 g/mol. The molecule has 15 heteroatoms. The summed E-state index contributed by atoms with van der Waals surface area (Å²) in [5.74, 6) is -1.88. The standard InChI is InChI=1S/C29H34F3N7O5/c1-3-12-43-26(42)18-4-5-19(21(13-18)39-9-6-17(2)37-39)24(29(30,31)32)44-23-14-22(35-27(33)36-23)38-10-7-28(8-11-38)15-20(25(40)41)34-16-28/h4-6,9,13-14,20,24,34H,3,7-8,10-12,15-16H2,1-2H3,(H,40,41)(H2,33,35,36)/t20-,24?/m0/s1. The van der Waals surface area contributed by atoms with Crippen molar-refractivity contribution < 1.29 is 37.3 Å². The second-order valence-electron chi connectivity index (χ2n) is 11.2. The predicted molar refractivity (Wildman–Crippen MR) is 153 cm³/mol. The fourth-order valence-corrected chi connectivity index (χ4v) is 5.68. The summed E-state index contributed by atoms with van der Waals surface area (Å²) >= 11 is 0. The van der Waals surface area contributed by atoms with Crippen molar-refractivity contribution in [1.29, 1.82) is 0 Å². The zero-order chi connectivity index (χ0) is 31.6. The van der Waals surface area contributed by atoms with Gasteiger partial charge in [-0.15, -0.1) is 0 Å². The van der Waals surface area contributed by atoms with E-state index < -0.39 is 30.3 Å². The van der Waals surface area contributed by atoms with E-state index in [1.165, 1.54) is 35.1 Å². The van der Waals surface area contributed by atoms with Crippen molar-refractivity contribution in [3.63, 3.8) is 0 Å². The van der Waals surface area contributed by atoms with Crippen LogP contribution in [0.3, 0.4) is 0 Å². The van der Waals surface area contributed by atoms with E-state index in [9.17, 15) is 27.9 Å². The highest BCUT2D eigenvalue weighted by molar-refractivity contribution is 5.90. The third-order valence-corrected chi connectivity index (χ3v) is 8.00. The molecule has 4 N–H and O–H groups in total. The number of halogens is 3. The number of carbonyl (C=O) groups excluding carboxylic acids is 1. The highest BCUT2D eigenvalue weighted by Gasteiger charge is 2.46. The van der Waals surface area contributed by atoms with Crippen LogP contribution in [0, 0.1) is 12.3 Å². The fourth-order valence-electron chi connectivity index (χ4n) is 5.68. The number of nitrogen functional groups attached to an aromatic ring is 1. The van der Waals surface area contributed by atoms with Crippen molar-refractivity contribution in [3.05, 3.63) is 53.3 Å². The quantitative estimate of drug-likeness (QED) is 0.300. The van der Waals surface area contributed by atoms with E-state index >= 15 is 0 Å². The minimum atomic E-state index is -4.89. The zero-order valence-electron chi connectivity index (χ0n) is 24.3. The Morgan fingerprint density at radius 3 is 2.57 bits per heavy atom. The number of carboxylic acid groups (broad SMARTS) is 1. The van der Waals surface area contributed by atoms with Crippen molar-refractivity contribution in [2.24, 2.45) is 5.41 Å². The SMILES string of the molecule is CCCOC(=O)c1ccc(C(Oc2cc(N3CCC4(CC3)CN[C@H](C(=O)O)C4)nc(N)n2)C(F)(F)F)c(-n2ccc(C)n2)c1. The van der Waals surface area contributed by atoms with Gasteiger partial charge in [0.05, 0.1) is 23.6 Å². The molecule has 3 aromatic rings. The minimum absolute atomic E-state index is 0.0141. The number of benzene rings is 1. The van der Waals surface area contributed by atoms with Gasteiger partial charge in [0.2, 0.25) is 17.9 Å². The summed E-state index contributed by atoms with van der Waals surface area (Å²) in [6, 6.07) is 6.06. The molecule has 0 saturated carbocycles. The summed E-state index contributed by atoms with van der Waals surface area (Å²) in [4.78, 5) is 34.0. The van der Waals surface area contributed by atoms with Crippen LogP contribution in [0.4, 0.5) is 24.9 Å². The molecule has 2 aromatic heterocycles. The van der Waals surface area contributed by atoms with Crippen LogP contribution in [0.2, 0.25) is 0 Å². The molecule has 1 spiro atoms. The molecule has 1 unspecified atom stereocenters. The van der Waals surface area contributed by atoms with Crippen molar-refractivity contribution in [2.75, 3.05) is 36.9 Å². The number of alkyl halides is 3. The second-order valence-corrected chi connectivity index (χ2v) is 11.2. The highest BCUT2D eigenvalue weighted by atomic mass is 19.4. The largest absolute Gasteiger partial charge is 0.480 e. The summed E-state index contributed by atoms with van der Waals surface area (Å²) in [5.41, 5.74) is 6.06. The van der Waals surface area contributed by atoms with Crippen molar-refractivity contribution >= 4 is 23.7 Å². The van der Waals surface area contributed by atoms with Crippen LogP contribution in [0.25, 0.3) is 5.69 Å². The molecule has 0 amide bonds. The van der Waals surface area contributed by atoms with E-state index in [-0.39, 0.29) is 40.7 Å². The van der Waals surface area contributed by atoms with Crippen molar-refractivity contribution in [2.45, 2.75) is 57.9 Å². The van der Waals surface area contributed by atoms with Crippen LogP contribution in [-0.2, 0) is 9.53 Å². The van der Waals surface area contributed by atoms with Crippen molar-refractivity contribution in [1.82, 2.24) is 25.1 Å². The molecule has 2 aliphatic heterocycles. The third kappa shape index (κ3) is 6.72. The monoisotopic (exact) mass is 617 g/mol. The lowest BCUT2D eigenvalue weighted by molar-refractivity contribution is -0.198. The summed E-state index contributed by atoms with van der Waals surface area (Å²) in [6.45, 7) is 5.28. The van der Waals surface area contributed by atoms with E-state index in [1.54, 1.807) is 13.0 Å². The number of nitrogens with two attached hydrogens (primary N) is 1. The number of hydrogen-bond acceptors (Lipinski definition) is 10. The number of aliphatic carboxylic acids is 1. The van der Waals surface area contributed by atoms with Crippen LogP contribution in [-0.4, -0.2) is 75.3 Å². The van der Waals surface area contributed by atoms with Gasteiger partial charge in [-0.05, 0) is 56.2 Å². The van der Waals surface area contributed by atoms with Crippen LogP contribution in [0.5, 0.6) is 5.88 Å². The number of aromatic nitrogens is 4. The molecule has 2 fully saturated rings. The number of anilines is 2. The molecule has 44 heavy (non-hydrogen) atoms. The van der Waals surface area contributed by atoms with Gasteiger partial charge in [-0.1, -0.05) is 13.0 Å². The predicted octanol–water partition coefficient (Wildman–Crippen LogP) is 3.84. The molecule has 12 nitrogen and oxygen atoms in total. The van der Waals surface area contributed by atoms with E-state index in [0.29, 0.717) is 56.8 Å². The Bertz CT molecular complexity index is 1520. The van der Waals surface area contributed by atoms with Crippen LogP contribution < -0.4 is 20.7 Å². The van der Waals surface area contributed by atoms with Gasteiger partial charge in [-0.25, -0.2) is 9.48 Å². The average molecular weight is 618 g/mol. The number of nitrogens with one attached hydrogen (secondary N) is 1. The summed E-state index contributed by atoms with van der Waals surface area (Å²) in [6.07, 6.45) is -3.45. The Labute approximate surface area is 251 Å². The third-order valence-electron chi connectivity index (χ3n) is 8.00. The lowest BCUT2D eigenvalue weighted by atomic mass is 9.76. The Morgan fingerprint density at radius 1 is 1.20 bits per heavy atom. The number of nitrogens with zero attached hydrogens (tertiary/aromatic N) is 5. The Balaban J connectivity index is 1.43. The molecule has 2 atom stereocenters. The van der Waals surface area contributed by atoms with Gasteiger partial charge >= 0.3 is 18.1 Å². The first-order valence-electron chi connectivity index (χ1n) is 14.3. The fraction of sp³-hybridized carbons (Fsp3) is 0.483. The minimum Gasteiger partial charge on any atom is -0.480 e. The molecular formula is C29H34F3N7O5. The Hall–Kier alpha value is -4.40. The summed E-state index contributed by atoms with van der Waals surface area (Å²) in [7, 11) is 0. The molecule has 5 rings (SSSR count). The molecule has 0 radical (unpaired) electrons. The first-order chi connectivity index (χ1) is 20.9. The van der Waals surface area contributed by atoms with Gasteiger partial charge in [0.15, 0.2) is 0 Å². The van der Waals surface area contributed by atoms with Gasteiger partial charge in [-0.2, -0.15) is 28.2 Å². The van der Waals surface area contributed by atoms with Gasteiger partial charge in [0.25, 0.3) is 0 Å². The topological polar surface area (TPSA) is 158 Å². The van der Waals surface area contributed by atoms with Crippen LogP contribution in [0.1, 0.15) is 60.3 Å². The Kier molecular flexibility index (Phi) is 8.68. The van der Waals surface area contributed by atoms with Gasteiger partial charge in [-0.3, -0.25) is 4.79 Å².